The van der Waals surface area contributed by atoms with Gasteiger partial charge in [-0.25, -0.2) is 4.68 Å². The number of carbonyl (C=O) groups is 1. The third-order valence-corrected chi connectivity index (χ3v) is 5.51. The van der Waals surface area contributed by atoms with Crippen LogP contribution in [-0.4, -0.2) is 31.9 Å². The van der Waals surface area contributed by atoms with Gasteiger partial charge in [0.05, 0.1) is 17.5 Å². The quantitative estimate of drug-likeness (QED) is 0.664. The summed E-state index contributed by atoms with van der Waals surface area (Å²) in [7, 11) is 0. The summed E-state index contributed by atoms with van der Waals surface area (Å²) < 4.78 is 1.66. The lowest BCUT2D eigenvalue weighted by molar-refractivity contribution is 0.0950. The highest BCUT2D eigenvalue weighted by molar-refractivity contribution is 7.98. The van der Waals surface area contributed by atoms with Crippen molar-refractivity contribution in [2.45, 2.75) is 43.5 Å². The minimum Gasteiger partial charge on any atom is -0.349 e. The Morgan fingerprint density at radius 2 is 1.93 bits per heavy atom. The number of hydrogen-bond donors (Lipinski definition) is 1. The maximum atomic E-state index is 12.3. The second-order valence-corrected chi connectivity index (χ2v) is 7.80. The van der Waals surface area contributed by atoms with Crippen molar-refractivity contribution in [1.82, 2.24) is 25.3 Å². The van der Waals surface area contributed by atoms with E-state index >= 15 is 0 Å². The summed E-state index contributed by atoms with van der Waals surface area (Å²) in [4.78, 5) is 12.3. The molecule has 1 N–H and O–H groups in total. The molecule has 0 saturated heterocycles. The molecule has 6 nitrogen and oxygen atoms in total. The number of aromatic nitrogens is 4. The molecule has 2 heterocycles. The van der Waals surface area contributed by atoms with Crippen molar-refractivity contribution in [3.63, 3.8) is 0 Å². The van der Waals surface area contributed by atoms with Gasteiger partial charge in [0.1, 0.15) is 5.03 Å². The zero-order valence-corrected chi connectivity index (χ0v) is 16.2. The van der Waals surface area contributed by atoms with E-state index in [-0.39, 0.29) is 5.91 Å². The molecule has 1 fully saturated rings. The predicted octanol–water partition coefficient (Wildman–Crippen LogP) is 3.46. The van der Waals surface area contributed by atoms with Crippen LogP contribution in [0.5, 0.6) is 0 Å². The predicted molar refractivity (Wildman–Crippen MR) is 105 cm³/mol. The van der Waals surface area contributed by atoms with Crippen molar-refractivity contribution < 1.29 is 4.79 Å². The van der Waals surface area contributed by atoms with E-state index in [2.05, 4.69) is 51.8 Å². The second-order valence-electron chi connectivity index (χ2n) is 6.81. The zero-order chi connectivity index (χ0) is 18.8. The van der Waals surface area contributed by atoms with E-state index in [1.54, 1.807) is 22.6 Å². The average molecular weight is 379 g/mol. The summed E-state index contributed by atoms with van der Waals surface area (Å²) in [6, 6.07) is 12.6. The van der Waals surface area contributed by atoms with E-state index in [0.717, 1.165) is 29.3 Å². The summed E-state index contributed by atoms with van der Waals surface area (Å²) in [5.41, 5.74) is 3.86. The molecule has 1 saturated carbocycles. The number of amides is 1. The maximum Gasteiger partial charge on any atom is 0.254 e. The van der Waals surface area contributed by atoms with Gasteiger partial charge in [0.15, 0.2) is 5.82 Å². The normalized spacial score (nSPS) is 13.6. The highest BCUT2D eigenvalue weighted by Crippen LogP contribution is 2.22. The van der Waals surface area contributed by atoms with Crippen LogP contribution in [0.2, 0.25) is 0 Å². The fourth-order valence-corrected chi connectivity index (χ4v) is 3.47. The van der Waals surface area contributed by atoms with Gasteiger partial charge in [-0.15, -0.1) is 10.2 Å². The SMILES string of the molecule is Cc1ccc(CSc2ccc(-n3ncc(C(=O)NC4CC4)c3C)nn2)cc1. The molecule has 0 spiro atoms. The number of thioether (sulfide) groups is 1. The molecule has 7 heteroatoms. The molecule has 0 bridgehead atoms. The molecule has 2 aromatic heterocycles. The zero-order valence-electron chi connectivity index (χ0n) is 15.3. The Morgan fingerprint density at radius 3 is 2.59 bits per heavy atom. The lowest BCUT2D eigenvalue weighted by Crippen LogP contribution is -2.25. The van der Waals surface area contributed by atoms with Gasteiger partial charge in [0.2, 0.25) is 0 Å². The molecule has 138 valence electrons. The Hall–Kier alpha value is -2.67. The first kappa shape index (κ1) is 17.7. The largest absolute Gasteiger partial charge is 0.349 e. The molecule has 3 aromatic rings. The minimum absolute atomic E-state index is 0.0699. The Balaban J connectivity index is 1.43. The molecule has 27 heavy (non-hydrogen) atoms. The summed E-state index contributed by atoms with van der Waals surface area (Å²) in [6.07, 6.45) is 3.72. The summed E-state index contributed by atoms with van der Waals surface area (Å²) in [6.45, 7) is 3.95. The van der Waals surface area contributed by atoms with E-state index in [0.29, 0.717) is 17.4 Å². The monoisotopic (exact) mass is 379 g/mol. The van der Waals surface area contributed by atoms with Crippen LogP contribution in [0.3, 0.4) is 0 Å². The van der Waals surface area contributed by atoms with Crippen LogP contribution in [0.15, 0.2) is 47.6 Å². The van der Waals surface area contributed by atoms with Crippen LogP contribution in [0.4, 0.5) is 0 Å². The molecule has 4 rings (SSSR count). The molecular weight excluding hydrogens is 358 g/mol. The average Bonchev–Trinajstić information content (AvgIpc) is 3.41. The van der Waals surface area contributed by atoms with Crippen LogP contribution in [0, 0.1) is 13.8 Å². The highest BCUT2D eigenvalue weighted by atomic mass is 32.2. The molecule has 0 unspecified atom stereocenters. The number of benzene rings is 1. The summed E-state index contributed by atoms with van der Waals surface area (Å²) >= 11 is 1.64. The van der Waals surface area contributed by atoms with Crippen molar-refractivity contribution in [3.05, 3.63) is 65.0 Å². The Morgan fingerprint density at radius 1 is 1.15 bits per heavy atom. The first-order chi connectivity index (χ1) is 13.1. The van der Waals surface area contributed by atoms with Crippen LogP contribution in [-0.2, 0) is 5.75 Å². The van der Waals surface area contributed by atoms with Crippen molar-refractivity contribution in [2.24, 2.45) is 0 Å². The molecular formula is C20H21N5OS. The van der Waals surface area contributed by atoms with Gasteiger partial charge in [0.25, 0.3) is 5.91 Å². The molecule has 0 atom stereocenters. The first-order valence-electron chi connectivity index (χ1n) is 8.98. The third kappa shape index (κ3) is 4.19. The van der Waals surface area contributed by atoms with E-state index in [4.69, 9.17) is 0 Å². The van der Waals surface area contributed by atoms with Crippen molar-refractivity contribution >= 4 is 17.7 Å². The van der Waals surface area contributed by atoms with Crippen LogP contribution in [0.25, 0.3) is 5.82 Å². The van der Waals surface area contributed by atoms with Crippen LogP contribution in [0.1, 0.15) is 40.0 Å². The van der Waals surface area contributed by atoms with Crippen molar-refractivity contribution in [3.8, 4) is 5.82 Å². The van der Waals surface area contributed by atoms with Crippen LogP contribution >= 0.6 is 11.8 Å². The minimum atomic E-state index is -0.0699. The standard InChI is InChI=1S/C20H21N5OS/c1-13-3-5-15(6-4-13)12-27-19-10-9-18(23-24-19)25-14(2)17(11-21-25)20(26)22-16-7-8-16/h3-6,9-11,16H,7-8,12H2,1-2H3,(H,22,26). The lowest BCUT2D eigenvalue weighted by Gasteiger charge is -2.06. The molecule has 1 aromatic carbocycles. The van der Waals surface area contributed by atoms with Gasteiger partial charge in [-0.1, -0.05) is 41.6 Å². The molecule has 1 amide bonds. The number of nitrogens with zero attached hydrogens (tertiary/aromatic N) is 4. The van der Waals surface area contributed by atoms with Crippen LogP contribution < -0.4 is 5.32 Å². The number of rotatable bonds is 6. The highest BCUT2D eigenvalue weighted by Gasteiger charge is 2.25. The van der Waals surface area contributed by atoms with Gasteiger partial charge in [-0.05, 0) is 44.4 Å². The van der Waals surface area contributed by atoms with Gasteiger partial charge < -0.3 is 5.32 Å². The van der Waals surface area contributed by atoms with Gasteiger partial charge in [-0.2, -0.15) is 5.10 Å². The number of hydrogen-bond acceptors (Lipinski definition) is 5. The first-order valence-corrected chi connectivity index (χ1v) is 9.96. The molecule has 1 aliphatic carbocycles. The van der Waals surface area contributed by atoms with E-state index in [9.17, 15) is 4.79 Å². The fourth-order valence-electron chi connectivity index (χ4n) is 2.70. The smallest absolute Gasteiger partial charge is 0.254 e. The molecule has 1 aliphatic rings. The Labute approximate surface area is 162 Å². The van der Waals surface area contributed by atoms with E-state index in [1.165, 1.54) is 11.1 Å². The van der Waals surface area contributed by atoms with Crippen molar-refractivity contribution in [2.75, 3.05) is 0 Å². The third-order valence-electron chi connectivity index (χ3n) is 4.52. The summed E-state index contributed by atoms with van der Waals surface area (Å²) in [5.74, 6) is 1.39. The number of carbonyl (C=O) groups excluding carboxylic acids is 1. The topological polar surface area (TPSA) is 72.7 Å². The molecule has 0 aliphatic heterocycles. The lowest BCUT2D eigenvalue weighted by atomic mass is 10.2. The van der Waals surface area contributed by atoms with E-state index < -0.39 is 0 Å². The Bertz CT molecular complexity index is 946. The summed E-state index contributed by atoms with van der Waals surface area (Å²) in [5, 5.41) is 16.7. The maximum absolute atomic E-state index is 12.3. The van der Waals surface area contributed by atoms with Gasteiger partial charge >= 0.3 is 0 Å². The van der Waals surface area contributed by atoms with Gasteiger partial charge in [0, 0.05) is 11.8 Å². The van der Waals surface area contributed by atoms with E-state index in [1.807, 2.05) is 19.1 Å². The van der Waals surface area contributed by atoms with Gasteiger partial charge in [-0.3, -0.25) is 4.79 Å². The Kier molecular flexibility index (Phi) is 4.94. The number of nitrogens with one attached hydrogen (secondary N) is 1. The second kappa shape index (κ2) is 7.52. The fraction of sp³-hybridized carbons (Fsp3) is 0.300. The molecule has 0 radical (unpaired) electrons. The number of aryl methyl sites for hydroxylation is 1. The van der Waals surface area contributed by atoms with Crippen molar-refractivity contribution in [1.29, 1.82) is 0 Å².